The summed E-state index contributed by atoms with van der Waals surface area (Å²) < 4.78 is 1.05. The Hall–Kier alpha value is -2.43. The fraction of sp³-hybridized carbons (Fsp3) is 0.240. The number of hydrogen-bond donors (Lipinski definition) is 1. The Morgan fingerprint density at radius 3 is 2.14 bits per heavy atom. The molecular formula is C25H25BrN2O. The van der Waals surface area contributed by atoms with Gasteiger partial charge in [0.2, 0.25) is 0 Å². The van der Waals surface area contributed by atoms with Crippen LogP contribution in [0.1, 0.15) is 28.8 Å². The minimum atomic E-state index is 0.111. The van der Waals surface area contributed by atoms with Crippen LogP contribution in [0.3, 0.4) is 0 Å². The van der Waals surface area contributed by atoms with Crippen molar-refractivity contribution < 1.29 is 4.79 Å². The molecule has 1 amide bonds. The summed E-state index contributed by atoms with van der Waals surface area (Å²) in [6.45, 7) is 2.56. The molecule has 3 aromatic carbocycles. The van der Waals surface area contributed by atoms with Crippen molar-refractivity contribution in [2.75, 3.05) is 13.1 Å². The molecule has 0 spiro atoms. The Morgan fingerprint density at radius 2 is 1.48 bits per heavy atom. The van der Waals surface area contributed by atoms with E-state index >= 15 is 0 Å². The third-order valence-corrected chi connectivity index (χ3v) is 6.04. The molecule has 1 fully saturated rings. The van der Waals surface area contributed by atoms with Crippen molar-refractivity contribution in [1.82, 2.24) is 10.2 Å². The molecule has 4 heteroatoms. The van der Waals surface area contributed by atoms with Gasteiger partial charge >= 0.3 is 0 Å². The summed E-state index contributed by atoms with van der Waals surface area (Å²) in [7, 11) is 0. The Labute approximate surface area is 180 Å². The highest BCUT2D eigenvalue weighted by molar-refractivity contribution is 9.10. The minimum absolute atomic E-state index is 0.111. The quantitative estimate of drug-likeness (QED) is 0.557. The van der Waals surface area contributed by atoms with Crippen LogP contribution in [0.25, 0.3) is 11.1 Å². The van der Waals surface area contributed by atoms with Crippen molar-refractivity contribution in [3.63, 3.8) is 0 Å². The van der Waals surface area contributed by atoms with Crippen molar-refractivity contribution in [3.8, 4) is 11.1 Å². The summed E-state index contributed by atoms with van der Waals surface area (Å²) in [5, 5.41) is 3.40. The van der Waals surface area contributed by atoms with Gasteiger partial charge in [0.05, 0.1) is 0 Å². The molecule has 0 unspecified atom stereocenters. The first kappa shape index (κ1) is 19.9. The minimum Gasteiger partial charge on any atom is -0.331 e. The number of amides is 1. The van der Waals surface area contributed by atoms with Crippen LogP contribution in [0.15, 0.2) is 83.3 Å². The average molecular weight is 449 g/mol. The van der Waals surface area contributed by atoms with E-state index in [0.29, 0.717) is 6.54 Å². The van der Waals surface area contributed by atoms with Gasteiger partial charge in [-0.3, -0.25) is 4.79 Å². The monoisotopic (exact) mass is 448 g/mol. The zero-order chi connectivity index (χ0) is 20.1. The Kier molecular flexibility index (Phi) is 6.43. The maximum Gasteiger partial charge on any atom is 0.254 e. The number of carbonyl (C=O) groups is 1. The third-order valence-electron chi connectivity index (χ3n) is 5.52. The van der Waals surface area contributed by atoms with Gasteiger partial charge in [0.15, 0.2) is 0 Å². The van der Waals surface area contributed by atoms with Crippen molar-refractivity contribution in [1.29, 1.82) is 0 Å². The Morgan fingerprint density at radius 1 is 0.862 bits per heavy atom. The largest absolute Gasteiger partial charge is 0.331 e. The zero-order valence-corrected chi connectivity index (χ0v) is 17.9. The van der Waals surface area contributed by atoms with Crippen LogP contribution < -0.4 is 5.32 Å². The maximum atomic E-state index is 13.5. The average Bonchev–Trinajstić information content (AvgIpc) is 2.79. The molecule has 3 nitrogen and oxygen atoms in total. The van der Waals surface area contributed by atoms with Crippen LogP contribution in [0.5, 0.6) is 0 Å². The van der Waals surface area contributed by atoms with Gasteiger partial charge < -0.3 is 10.2 Å². The van der Waals surface area contributed by atoms with Gasteiger partial charge in [0, 0.05) is 22.6 Å². The van der Waals surface area contributed by atoms with Crippen LogP contribution in [0, 0.1) is 0 Å². The van der Waals surface area contributed by atoms with Crippen LogP contribution in [-0.2, 0) is 6.54 Å². The smallest absolute Gasteiger partial charge is 0.254 e. The van der Waals surface area contributed by atoms with Gasteiger partial charge in [-0.25, -0.2) is 0 Å². The van der Waals surface area contributed by atoms with E-state index in [1.165, 1.54) is 0 Å². The van der Waals surface area contributed by atoms with Gasteiger partial charge in [-0.05, 0) is 66.9 Å². The number of halogens is 1. The van der Waals surface area contributed by atoms with Gasteiger partial charge in [-0.1, -0.05) is 70.5 Å². The normalized spacial score (nSPS) is 14.5. The molecule has 1 heterocycles. The van der Waals surface area contributed by atoms with Crippen molar-refractivity contribution in [2.24, 2.45) is 0 Å². The standard InChI is InChI=1S/C25H25BrN2O/c26-23-12-6-19(7-13-23)18-28(24-14-16-27-17-15-24)25(29)22-10-8-21(9-11-22)20-4-2-1-3-5-20/h1-13,24,27H,14-18H2. The number of rotatable bonds is 5. The molecule has 1 aliphatic rings. The molecule has 1 saturated heterocycles. The molecule has 148 valence electrons. The van der Waals surface area contributed by atoms with E-state index in [-0.39, 0.29) is 11.9 Å². The van der Waals surface area contributed by atoms with Crippen LogP contribution >= 0.6 is 15.9 Å². The molecular weight excluding hydrogens is 424 g/mol. The van der Waals surface area contributed by atoms with E-state index in [4.69, 9.17) is 0 Å². The maximum absolute atomic E-state index is 13.5. The first-order valence-corrected chi connectivity index (χ1v) is 10.9. The number of benzene rings is 3. The second kappa shape index (κ2) is 9.38. The first-order chi connectivity index (χ1) is 14.2. The summed E-state index contributed by atoms with van der Waals surface area (Å²) in [6, 6.07) is 26.8. The SMILES string of the molecule is O=C(c1ccc(-c2ccccc2)cc1)N(Cc1ccc(Br)cc1)C1CCNCC1. The molecule has 0 aliphatic carbocycles. The lowest BCUT2D eigenvalue weighted by Crippen LogP contribution is -2.45. The number of nitrogens with one attached hydrogen (secondary N) is 1. The molecule has 0 saturated carbocycles. The molecule has 0 atom stereocenters. The summed E-state index contributed by atoms with van der Waals surface area (Å²) >= 11 is 3.49. The lowest BCUT2D eigenvalue weighted by molar-refractivity contribution is 0.0623. The zero-order valence-electron chi connectivity index (χ0n) is 16.4. The second-order valence-electron chi connectivity index (χ2n) is 7.48. The first-order valence-electron chi connectivity index (χ1n) is 10.1. The molecule has 0 bridgehead atoms. The summed E-state index contributed by atoms with van der Waals surface area (Å²) in [5.74, 6) is 0.111. The third kappa shape index (κ3) is 4.95. The molecule has 29 heavy (non-hydrogen) atoms. The van der Waals surface area contributed by atoms with Gasteiger partial charge in [0.25, 0.3) is 5.91 Å². The fourth-order valence-corrected chi connectivity index (χ4v) is 4.14. The molecule has 0 radical (unpaired) electrons. The van der Waals surface area contributed by atoms with Crippen molar-refractivity contribution in [3.05, 3.63) is 94.5 Å². The molecule has 1 N–H and O–H groups in total. The molecule has 3 aromatic rings. The predicted octanol–water partition coefficient (Wildman–Crippen LogP) is 5.51. The fourth-order valence-electron chi connectivity index (χ4n) is 3.87. The summed E-state index contributed by atoms with van der Waals surface area (Å²) in [6.07, 6.45) is 1.98. The van der Waals surface area contributed by atoms with Crippen molar-refractivity contribution in [2.45, 2.75) is 25.4 Å². The van der Waals surface area contributed by atoms with E-state index in [2.05, 4.69) is 50.4 Å². The van der Waals surface area contributed by atoms with E-state index in [0.717, 1.165) is 52.7 Å². The highest BCUT2D eigenvalue weighted by Crippen LogP contribution is 2.23. The van der Waals surface area contributed by atoms with E-state index in [1.807, 2.05) is 54.6 Å². The second-order valence-corrected chi connectivity index (χ2v) is 8.40. The predicted molar refractivity (Wildman–Crippen MR) is 122 cm³/mol. The molecule has 4 rings (SSSR count). The van der Waals surface area contributed by atoms with E-state index in [9.17, 15) is 4.79 Å². The van der Waals surface area contributed by atoms with E-state index < -0.39 is 0 Å². The van der Waals surface area contributed by atoms with Gasteiger partial charge in [-0.15, -0.1) is 0 Å². The number of hydrogen-bond acceptors (Lipinski definition) is 2. The number of carbonyl (C=O) groups excluding carboxylic acids is 1. The topological polar surface area (TPSA) is 32.3 Å². The highest BCUT2D eigenvalue weighted by Gasteiger charge is 2.26. The molecule has 1 aliphatic heterocycles. The van der Waals surface area contributed by atoms with Crippen LogP contribution in [0.4, 0.5) is 0 Å². The lowest BCUT2D eigenvalue weighted by Gasteiger charge is -2.35. The van der Waals surface area contributed by atoms with Crippen molar-refractivity contribution >= 4 is 21.8 Å². The summed E-state index contributed by atoms with van der Waals surface area (Å²) in [5.41, 5.74) is 4.20. The van der Waals surface area contributed by atoms with Gasteiger partial charge in [-0.2, -0.15) is 0 Å². The molecule has 0 aromatic heterocycles. The lowest BCUT2D eigenvalue weighted by atomic mass is 10.0. The number of piperidine rings is 1. The summed E-state index contributed by atoms with van der Waals surface area (Å²) in [4.78, 5) is 15.5. The number of nitrogens with zero attached hydrogens (tertiary/aromatic N) is 1. The Bertz CT molecular complexity index is 933. The Balaban J connectivity index is 1.57. The van der Waals surface area contributed by atoms with Crippen LogP contribution in [-0.4, -0.2) is 29.9 Å². The van der Waals surface area contributed by atoms with Gasteiger partial charge in [0.1, 0.15) is 0 Å². The van der Waals surface area contributed by atoms with E-state index in [1.54, 1.807) is 0 Å². The van der Waals surface area contributed by atoms with Crippen LogP contribution in [0.2, 0.25) is 0 Å². The highest BCUT2D eigenvalue weighted by atomic mass is 79.9.